The number of rotatable bonds is 6. The molecule has 0 saturated heterocycles. The average Bonchev–Trinajstić information content (AvgIpc) is 2.60. The number of para-hydroxylation sites is 1. The maximum absolute atomic E-state index is 12.1. The van der Waals surface area contributed by atoms with Crippen LogP contribution in [0.2, 0.25) is 0 Å². The number of carbonyl (C=O) groups excluding carboxylic acids is 2. The van der Waals surface area contributed by atoms with Gasteiger partial charge >= 0.3 is 5.97 Å². The summed E-state index contributed by atoms with van der Waals surface area (Å²) in [5.74, 6) is -1.04. The van der Waals surface area contributed by atoms with Gasteiger partial charge in [-0.15, -0.1) is 0 Å². The first-order valence-corrected chi connectivity index (χ1v) is 7.81. The van der Waals surface area contributed by atoms with Crippen LogP contribution >= 0.6 is 0 Å². The highest BCUT2D eigenvalue weighted by atomic mass is 16.5. The highest BCUT2D eigenvalue weighted by Crippen LogP contribution is 2.22. The van der Waals surface area contributed by atoms with Gasteiger partial charge in [0.05, 0.1) is 5.56 Å². The van der Waals surface area contributed by atoms with E-state index in [1.54, 1.807) is 0 Å². The molecule has 0 fully saturated rings. The fourth-order valence-electron chi connectivity index (χ4n) is 2.34. The lowest BCUT2D eigenvalue weighted by atomic mass is 10.0. The smallest absolute Gasteiger partial charge is 0.339 e. The molecule has 2 rings (SSSR count). The first-order valence-electron chi connectivity index (χ1n) is 7.81. The van der Waals surface area contributed by atoms with E-state index in [0.29, 0.717) is 4.73 Å². The molecule has 0 bridgehead atoms. The Kier molecular flexibility index (Phi) is 5.89. The molecule has 0 aliphatic heterocycles. The van der Waals surface area contributed by atoms with E-state index < -0.39 is 11.9 Å². The zero-order valence-corrected chi connectivity index (χ0v) is 13.7. The van der Waals surface area contributed by atoms with E-state index in [0.717, 1.165) is 29.7 Å². The summed E-state index contributed by atoms with van der Waals surface area (Å²) in [7, 11) is 0. The van der Waals surface area contributed by atoms with Crippen LogP contribution in [0, 0.1) is 5.21 Å². The van der Waals surface area contributed by atoms with E-state index in [-0.39, 0.29) is 12.2 Å². The Morgan fingerprint density at radius 1 is 1.08 bits per heavy atom. The molecular formula is C18H20N2O4. The summed E-state index contributed by atoms with van der Waals surface area (Å²) in [5, 5.41) is 13.8. The van der Waals surface area contributed by atoms with E-state index >= 15 is 0 Å². The lowest BCUT2D eigenvalue weighted by Crippen LogP contribution is -2.25. The predicted octanol–water partition coefficient (Wildman–Crippen LogP) is 2.24. The Hall–Kier alpha value is -2.89. The highest BCUT2D eigenvalue weighted by molar-refractivity contribution is 5.96. The number of aromatic nitrogens is 1. The number of aryl methyl sites for hydroxylation is 2. The molecule has 1 aromatic carbocycles. The summed E-state index contributed by atoms with van der Waals surface area (Å²) in [6.07, 6.45) is 3.98. The van der Waals surface area contributed by atoms with Gasteiger partial charge in [0.2, 0.25) is 0 Å². The number of ether oxygens (including phenoxy) is 1. The van der Waals surface area contributed by atoms with E-state index in [2.05, 4.69) is 5.32 Å². The van der Waals surface area contributed by atoms with Crippen molar-refractivity contribution >= 4 is 17.6 Å². The maximum atomic E-state index is 12.1. The molecule has 6 nitrogen and oxygen atoms in total. The number of nitrogens with zero attached hydrogens (tertiary/aromatic N) is 1. The molecule has 0 aliphatic rings. The summed E-state index contributed by atoms with van der Waals surface area (Å²) in [5.41, 5.74) is 3.09. The first-order chi connectivity index (χ1) is 11.5. The maximum Gasteiger partial charge on any atom is 0.339 e. The molecule has 0 radical (unpaired) electrons. The van der Waals surface area contributed by atoms with Crippen molar-refractivity contribution in [3.63, 3.8) is 0 Å². The normalized spacial score (nSPS) is 10.2. The van der Waals surface area contributed by atoms with E-state index in [1.165, 1.54) is 24.5 Å². The largest absolute Gasteiger partial charge is 0.619 e. The Balaban J connectivity index is 1.99. The molecule has 1 aromatic heterocycles. The highest BCUT2D eigenvalue weighted by Gasteiger charge is 2.13. The van der Waals surface area contributed by atoms with Gasteiger partial charge in [0, 0.05) is 17.8 Å². The second kappa shape index (κ2) is 8.10. The van der Waals surface area contributed by atoms with Crippen molar-refractivity contribution in [1.29, 1.82) is 0 Å². The van der Waals surface area contributed by atoms with Crippen LogP contribution in [0.25, 0.3) is 0 Å². The molecule has 6 heteroatoms. The van der Waals surface area contributed by atoms with Gasteiger partial charge in [-0.2, -0.15) is 4.73 Å². The van der Waals surface area contributed by atoms with Crippen molar-refractivity contribution in [1.82, 2.24) is 0 Å². The minimum Gasteiger partial charge on any atom is -0.619 e. The molecular weight excluding hydrogens is 308 g/mol. The Morgan fingerprint density at radius 3 is 2.21 bits per heavy atom. The van der Waals surface area contributed by atoms with Crippen LogP contribution < -0.4 is 10.0 Å². The van der Waals surface area contributed by atoms with Gasteiger partial charge in [-0.05, 0) is 24.0 Å². The first kappa shape index (κ1) is 17.5. The Morgan fingerprint density at radius 2 is 1.67 bits per heavy atom. The van der Waals surface area contributed by atoms with Gasteiger partial charge in [0.1, 0.15) is 0 Å². The zero-order chi connectivity index (χ0) is 17.5. The van der Waals surface area contributed by atoms with Crippen molar-refractivity contribution in [2.45, 2.75) is 26.7 Å². The summed E-state index contributed by atoms with van der Waals surface area (Å²) in [6.45, 7) is 3.65. The second-order valence-corrected chi connectivity index (χ2v) is 5.23. The van der Waals surface area contributed by atoms with Crippen LogP contribution in [0.1, 0.15) is 35.3 Å². The number of benzene rings is 1. The molecule has 1 amide bonds. The number of carbonyl (C=O) groups is 2. The third-order valence-electron chi connectivity index (χ3n) is 3.64. The summed E-state index contributed by atoms with van der Waals surface area (Å²) in [4.78, 5) is 23.9. The summed E-state index contributed by atoms with van der Waals surface area (Å²) < 4.78 is 5.55. The lowest BCUT2D eigenvalue weighted by Gasteiger charge is -2.14. The molecule has 0 aliphatic carbocycles. The minimum absolute atomic E-state index is 0.220. The van der Waals surface area contributed by atoms with Gasteiger partial charge in [-0.3, -0.25) is 4.79 Å². The molecule has 0 unspecified atom stereocenters. The standard InChI is InChI=1S/C18H20N2O4/c1-3-13-6-5-7-14(4-2)17(13)19-16(21)12-24-18(22)15-8-10-20(23)11-9-15/h5-11H,3-4,12H2,1-2H3,(H,19,21). The van der Waals surface area contributed by atoms with Crippen LogP contribution in [0.5, 0.6) is 0 Å². The molecule has 2 aromatic rings. The quantitative estimate of drug-likeness (QED) is 0.501. The number of amides is 1. The van der Waals surface area contributed by atoms with Crippen LogP contribution in [0.3, 0.4) is 0 Å². The third-order valence-corrected chi connectivity index (χ3v) is 3.64. The van der Waals surface area contributed by atoms with E-state index in [9.17, 15) is 14.8 Å². The SMILES string of the molecule is CCc1cccc(CC)c1NC(=O)COC(=O)c1cc[n+]([O-])cc1. The fourth-order valence-corrected chi connectivity index (χ4v) is 2.34. The monoisotopic (exact) mass is 328 g/mol. The molecule has 0 spiro atoms. The Bertz CT molecular complexity index is 704. The zero-order valence-electron chi connectivity index (χ0n) is 13.7. The van der Waals surface area contributed by atoms with Crippen molar-refractivity contribution in [2.24, 2.45) is 0 Å². The lowest BCUT2D eigenvalue weighted by molar-refractivity contribution is -0.605. The fraction of sp³-hybridized carbons (Fsp3) is 0.278. The van der Waals surface area contributed by atoms with Gasteiger partial charge in [0.25, 0.3) is 5.91 Å². The van der Waals surface area contributed by atoms with Gasteiger partial charge < -0.3 is 15.3 Å². The number of nitrogens with one attached hydrogen (secondary N) is 1. The Labute approximate surface area is 140 Å². The average molecular weight is 328 g/mol. The number of esters is 1. The van der Waals surface area contributed by atoms with Crippen molar-refractivity contribution in [3.8, 4) is 0 Å². The van der Waals surface area contributed by atoms with Crippen molar-refractivity contribution < 1.29 is 19.1 Å². The molecule has 0 saturated carbocycles. The molecule has 1 N–H and O–H groups in total. The van der Waals surface area contributed by atoms with Crippen molar-refractivity contribution in [2.75, 3.05) is 11.9 Å². The molecule has 126 valence electrons. The third kappa shape index (κ3) is 4.32. The minimum atomic E-state index is -0.648. The number of hydrogen-bond donors (Lipinski definition) is 1. The molecule has 0 atom stereocenters. The predicted molar refractivity (Wildman–Crippen MR) is 89.5 cm³/mol. The van der Waals surface area contributed by atoms with Crippen LogP contribution in [-0.4, -0.2) is 18.5 Å². The number of hydrogen-bond acceptors (Lipinski definition) is 4. The van der Waals surface area contributed by atoms with Gasteiger partial charge in [-0.1, -0.05) is 32.0 Å². The topological polar surface area (TPSA) is 82.3 Å². The summed E-state index contributed by atoms with van der Waals surface area (Å²) in [6, 6.07) is 8.57. The van der Waals surface area contributed by atoms with Gasteiger partial charge in [-0.25, -0.2) is 4.79 Å². The van der Waals surface area contributed by atoms with E-state index in [1.807, 2.05) is 32.0 Å². The number of pyridine rings is 1. The van der Waals surface area contributed by atoms with E-state index in [4.69, 9.17) is 4.74 Å². The second-order valence-electron chi connectivity index (χ2n) is 5.23. The van der Waals surface area contributed by atoms with Crippen LogP contribution in [-0.2, 0) is 22.4 Å². The van der Waals surface area contributed by atoms with Crippen LogP contribution in [0.4, 0.5) is 5.69 Å². The number of anilines is 1. The van der Waals surface area contributed by atoms with Crippen molar-refractivity contribution in [3.05, 3.63) is 64.6 Å². The molecule has 1 heterocycles. The molecule has 24 heavy (non-hydrogen) atoms. The summed E-state index contributed by atoms with van der Waals surface area (Å²) >= 11 is 0. The van der Waals surface area contributed by atoms with Gasteiger partial charge in [0.15, 0.2) is 19.0 Å². The van der Waals surface area contributed by atoms with Crippen LogP contribution in [0.15, 0.2) is 42.7 Å².